The third kappa shape index (κ3) is 3.25. The minimum Gasteiger partial charge on any atom is -0.491 e. The zero-order chi connectivity index (χ0) is 13.4. The largest absolute Gasteiger partial charge is 0.491 e. The maximum Gasteiger partial charge on any atom is 0.119 e. The molecule has 0 amide bonds. The molecule has 2 heteroatoms. The number of hydrogen-bond acceptors (Lipinski definition) is 1. The van der Waals surface area contributed by atoms with Crippen LogP contribution in [0.25, 0.3) is 0 Å². The summed E-state index contributed by atoms with van der Waals surface area (Å²) in [6.45, 7) is 4.10. The lowest BCUT2D eigenvalue weighted by Gasteiger charge is -2.22. The lowest BCUT2D eigenvalue weighted by Crippen LogP contribution is -2.13. The minimum absolute atomic E-state index is 0.188. The summed E-state index contributed by atoms with van der Waals surface area (Å²) in [4.78, 5) is 0. The molecule has 3 rings (SSSR count). The Morgan fingerprint density at radius 3 is 1.95 bits per heavy atom. The molecule has 0 spiro atoms. The number of alkyl halides is 1. The van der Waals surface area contributed by atoms with Gasteiger partial charge in [0.2, 0.25) is 0 Å². The van der Waals surface area contributed by atoms with Gasteiger partial charge in [-0.1, -0.05) is 12.1 Å². The molecule has 2 saturated carbocycles. The summed E-state index contributed by atoms with van der Waals surface area (Å²) in [7, 11) is 0. The lowest BCUT2D eigenvalue weighted by molar-refractivity contribution is 0.242. The normalized spacial score (nSPS) is 20.9. The molecule has 2 aliphatic carbocycles. The summed E-state index contributed by atoms with van der Waals surface area (Å²) in [5, 5.41) is 0.188. The predicted molar refractivity (Wildman–Crippen MR) is 79.7 cm³/mol. The van der Waals surface area contributed by atoms with E-state index >= 15 is 0 Å². The van der Waals surface area contributed by atoms with Crippen LogP contribution in [-0.2, 0) is 0 Å². The summed E-state index contributed by atoms with van der Waals surface area (Å²) in [5.74, 6) is 3.43. The van der Waals surface area contributed by atoms with Crippen LogP contribution in [0, 0.1) is 17.8 Å². The Bertz CT molecular complexity index is 405. The summed E-state index contributed by atoms with van der Waals surface area (Å²) in [6, 6.07) is 8.41. The molecule has 0 N–H and O–H groups in total. The third-order valence-corrected chi connectivity index (χ3v) is 4.78. The molecule has 1 unspecified atom stereocenters. The molecule has 19 heavy (non-hydrogen) atoms. The minimum atomic E-state index is 0.188. The van der Waals surface area contributed by atoms with E-state index in [-0.39, 0.29) is 11.5 Å². The summed E-state index contributed by atoms with van der Waals surface area (Å²) in [6.07, 6.45) is 5.78. The Balaban J connectivity index is 1.69. The van der Waals surface area contributed by atoms with Crippen LogP contribution in [0.3, 0.4) is 0 Å². The van der Waals surface area contributed by atoms with Crippen molar-refractivity contribution in [3.63, 3.8) is 0 Å². The van der Waals surface area contributed by atoms with Crippen molar-refractivity contribution in [1.29, 1.82) is 0 Å². The van der Waals surface area contributed by atoms with Gasteiger partial charge < -0.3 is 4.74 Å². The number of hydrogen-bond donors (Lipinski definition) is 0. The van der Waals surface area contributed by atoms with Crippen molar-refractivity contribution < 1.29 is 4.74 Å². The molecule has 1 aromatic carbocycles. The van der Waals surface area contributed by atoms with Gasteiger partial charge in [-0.05, 0) is 75.0 Å². The smallest absolute Gasteiger partial charge is 0.119 e. The van der Waals surface area contributed by atoms with Crippen LogP contribution in [0.5, 0.6) is 5.75 Å². The molecule has 0 aliphatic heterocycles. The van der Waals surface area contributed by atoms with Gasteiger partial charge >= 0.3 is 0 Å². The quantitative estimate of drug-likeness (QED) is 0.651. The fraction of sp³-hybridized carbons (Fsp3) is 0.647. The van der Waals surface area contributed by atoms with Gasteiger partial charge in [0, 0.05) is 0 Å². The van der Waals surface area contributed by atoms with E-state index < -0.39 is 0 Å². The molecule has 104 valence electrons. The van der Waals surface area contributed by atoms with E-state index in [9.17, 15) is 0 Å². The van der Waals surface area contributed by atoms with Gasteiger partial charge in [0.15, 0.2) is 0 Å². The Morgan fingerprint density at radius 2 is 1.53 bits per heavy atom. The van der Waals surface area contributed by atoms with E-state index in [4.69, 9.17) is 16.3 Å². The highest BCUT2D eigenvalue weighted by molar-refractivity contribution is 6.21. The SMILES string of the molecule is CC(C)Oc1ccc(C(Cl)C(C2CC2)C2CC2)cc1. The lowest BCUT2D eigenvalue weighted by atomic mass is 9.90. The van der Waals surface area contributed by atoms with Crippen molar-refractivity contribution in [2.45, 2.75) is 51.0 Å². The highest BCUT2D eigenvalue weighted by atomic mass is 35.5. The first-order valence-corrected chi connectivity index (χ1v) is 7.99. The molecule has 0 radical (unpaired) electrons. The highest BCUT2D eigenvalue weighted by Crippen LogP contribution is 2.55. The van der Waals surface area contributed by atoms with Crippen LogP contribution in [0.2, 0.25) is 0 Å². The summed E-state index contributed by atoms with van der Waals surface area (Å²) >= 11 is 6.76. The van der Waals surface area contributed by atoms with Crippen molar-refractivity contribution >= 4 is 11.6 Å². The van der Waals surface area contributed by atoms with Gasteiger partial charge in [-0.3, -0.25) is 0 Å². The Hall–Kier alpha value is -0.690. The van der Waals surface area contributed by atoms with Crippen molar-refractivity contribution in [2.24, 2.45) is 17.8 Å². The van der Waals surface area contributed by atoms with E-state index in [0.717, 1.165) is 17.6 Å². The van der Waals surface area contributed by atoms with E-state index in [1.54, 1.807) is 0 Å². The molecule has 1 atom stereocenters. The summed E-state index contributed by atoms with van der Waals surface area (Å²) < 4.78 is 5.69. The molecule has 0 aromatic heterocycles. The first kappa shape index (κ1) is 13.3. The van der Waals surface area contributed by atoms with Crippen LogP contribution in [0.1, 0.15) is 50.5 Å². The second kappa shape index (κ2) is 5.36. The van der Waals surface area contributed by atoms with Gasteiger partial charge in [0.05, 0.1) is 11.5 Å². The molecule has 2 aliphatic rings. The van der Waals surface area contributed by atoms with Crippen molar-refractivity contribution in [1.82, 2.24) is 0 Å². The fourth-order valence-electron chi connectivity index (χ4n) is 3.05. The van der Waals surface area contributed by atoms with Gasteiger partial charge in [-0.15, -0.1) is 11.6 Å². The molecule has 1 nitrogen and oxygen atoms in total. The van der Waals surface area contributed by atoms with Gasteiger partial charge in [0.1, 0.15) is 5.75 Å². The monoisotopic (exact) mass is 278 g/mol. The molecule has 2 fully saturated rings. The average Bonchev–Trinajstić information content (AvgIpc) is 3.24. The molecular weight excluding hydrogens is 256 g/mol. The maximum absolute atomic E-state index is 6.76. The second-order valence-electron chi connectivity index (χ2n) is 6.39. The molecular formula is C17H23ClO. The zero-order valence-corrected chi connectivity index (χ0v) is 12.6. The van der Waals surface area contributed by atoms with Crippen LogP contribution in [-0.4, -0.2) is 6.10 Å². The average molecular weight is 279 g/mol. The Morgan fingerprint density at radius 1 is 1.00 bits per heavy atom. The number of ether oxygens (including phenoxy) is 1. The molecule has 0 saturated heterocycles. The first-order chi connectivity index (χ1) is 9.15. The highest BCUT2D eigenvalue weighted by Gasteiger charge is 2.45. The van der Waals surface area contributed by atoms with E-state index in [1.807, 2.05) is 0 Å². The Labute approximate surface area is 121 Å². The van der Waals surface area contributed by atoms with E-state index in [0.29, 0.717) is 5.92 Å². The van der Waals surface area contributed by atoms with Gasteiger partial charge in [-0.25, -0.2) is 0 Å². The maximum atomic E-state index is 6.76. The Kier molecular flexibility index (Phi) is 3.75. The first-order valence-electron chi connectivity index (χ1n) is 7.56. The van der Waals surface area contributed by atoms with Crippen LogP contribution < -0.4 is 4.74 Å². The summed E-state index contributed by atoms with van der Waals surface area (Å²) in [5.41, 5.74) is 1.27. The van der Waals surface area contributed by atoms with E-state index in [2.05, 4.69) is 38.1 Å². The fourth-order valence-corrected chi connectivity index (χ4v) is 3.61. The molecule has 0 heterocycles. The topological polar surface area (TPSA) is 9.23 Å². The van der Waals surface area contributed by atoms with Crippen molar-refractivity contribution in [3.05, 3.63) is 29.8 Å². The molecule has 0 bridgehead atoms. The predicted octanol–water partition coefficient (Wildman–Crippen LogP) is 5.19. The van der Waals surface area contributed by atoms with Crippen molar-refractivity contribution in [3.8, 4) is 5.75 Å². The van der Waals surface area contributed by atoms with Crippen molar-refractivity contribution in [2.75, 3.05) is 0 Å². The number of rotatable bonds is 6. The van der Waals surface area contributed by atoms with Gasteiger partial charge in [0.25, 0.3) is 0 Å². The van der Waals surface area contributed by atoms with E-state index in [1.165, 1.54) is 31.2 Å². The number of halogens is 1. The number of benzene rings is 1. The second-order valence-corrected chi connectivity index (χ2v) is 6.86. The third-order valence-electron chi connectivity index (χ3n) is 4.24. The van der Waals surface area contributed by atoms with Crippen LogP contribution in [0.4, 0.5) is 0 Å². The zero-order valence-electron chi connectivity index (χ0n) is 11.8. The molecule has 1 aromatic rings. The van der Waals surface area contributed by atoms with Crippen LogP contribution >= 0.6 is 11.6 Å². The van der Waals surface area contributed by atoms with Crippen LogP contribution in [0.15, 0.2) is 24.3 Å². The van der Waals surface area contributed by atoms with Gasteiger partial charge in [-0.2, -0.15) is 0 Å². The standard InChI is InChI=1S/C17H23ClO/c1-11(2)19-15-9-7-14(8-10-15)17(18)16(12-3-4-12)13-5-6-13/h7-13,16-17H,3-6H2,1-2H3.